The molecule has 0 bridgehead atoms. The van der Waals surface area contributed by atoms with E-state index in [-0.39, 0.29) is 5.69 Å². The molecule has 1 aromatic heterocycles. The topological polar surface area (TPSA) is 86.4 Å². The molecule has 1 aromatic carbocycles. The molecule has 2 heterocycles. The molecule has 7 nitrogen and oxygen atoms in total. The Morgan fingerprint density at radius 3 is 2.59 bits per heavy atom. The number of nitro benzene ring substituents is 1. The lowest BCUT2D eigenvalue weighted by Crippen LogP contribution is -2.26. The number of nitrogens with zero attached hydrogens (tertiary/aromatic N) is 2. The third-order valence-electron chi connectivity index (χ3n) is 5.29. The number of dihydropyridines is 1. The Balaban J connectivity index is 1.93. The molecule has 2 atom stereocenters. The summed E-state index contributed by atoms with van der Waals surface area (Å²) in [5, 5.41) is 14.4. The molecule has 2 aromatic rings. The number of rotatable bonds is 5. The van der Waals surface area contributed by atoms with E-state index in [1.54, 1.807) is 12.1 Å². The number of ether oxygens (including phenoxy) is 1. The van der Waals surface area contributed by atoms with Gasteiger partial charge in [0.25, 0.3) is 5.69 Å². The molecule has 152 valence electrons. The second-order valence-electron chi connectivity index (χ2n) is 7.35. The van der Waals surface area contributed by atoms with Gasteiger partial charge < -0.3 is 14.6 Å². The van der Waals surface area contributed by atoms with Crippen molar-refractivity contribution in [3.8, 4) is 0 Å². The number of carbonyl (C=O) groups excluding carboxylic acids is 1. The van der Waals surface area contributed by atoms with Gasteiger partial charge in [-0.25, -0.2) is 4.79 Å². The van der Waals surface area contributed by atoms with Crippen molar-refractivity contribution in [2.45, 2.75) is 39.7 Å². The van der Waals surface area contributed by atoms with Crippen LogP contribution in [0.2, 0.25) is 0 Å². The molecule has 0 amide bonds. The standard InChI is InChI=1S/C22H25N3O4/c1-13-11-19(17-7-6-8-18(12-17)25(27)28)21(15(3)23-13)22(26)29-16(4)20-10-9-14(2)24(20)5/h6-12,16,19,23H,1-5H3. The maximum absolute atomic E-state index is 13.1. The van der Waals surface area contributed by atoms with Gasteiger partial charge in [-0.2, -0.15) is 0 Å². The number of hydrogen-bond acceptors (Lipinski definition) is 5. The average molecular weight is 395 g/mol. The first-order valence-electron chi connectivity index (χ1n) is 9.42. The van der Waals surface area contributed by atoms with Crippen LogP contribution in [0.1, 0.15) is 49.7 Å². The van der Waals surface area contributed by atoms with E-state index >= 15 is 0 Å². The summed E-state index contributed by atoms with van der Waals surface area (Å²) in [6, 6.07) is 10.3. The van der Waals surface area contributed by atoms with Gasteiger partial charge in [0.05, 0.1) is 16.2 Å². The van der Waals surface area contributed by atoms with Gasteiger partial charge in [0.15, 0.2) is 0 Å². The molecule has 0 aliphatic carbocycles. The monoisotopic (exact) mass is 395 g/mol. The fourth-order valence-electron chi connectivity index (χ4n) is 3.67. The smallest absolute Gasteiger partial charge is 0.337 e. The highest BCUT2D eigenvalue weighted by Crippen LogP contribution is 2.35. The molecule has 0 spiro atoms. The highest BCUT2D eigenvalue weighted by Gasteiger charge is 2.30. The first-order chi connectivity index (χ1) is 13.7. The van der Waals surface area contributed by atoms with Crippen LogP contribution in [-0.4, -0.2) is 15.5 Å². The fourth-order valence-corrected chi connectivity index (χ4v) is 3.67. The lowest BCUT2D eigenvalue weighted by atomic mass is 9.86. The van der Waals surface area contributed by atoms with E-state index in [0.29, 0.717) is 16.8 Å². The van der Waals surface area contributed by atoms with Gasteiger partial charge in [-0.05, 0) is 45.4 Å². The van der Waals surface area contributed by atoms with Gasteiger partial charge in [0.2, 0.25) is 0 Å². The number of carbonyl (C=O) groups is 1. The number of nitrogens with one attached hydrogen (secondary N) is 1. The summed E-state index contributed by atoms with van der Waals surface area (Å²) < 4.78 is 7.77. The molecule has 1 aliphatic heterocycles. The minimum atomic E-state index is -0.443. The first kappa shape index (κ1) is 20.4. The van der Waals surface area contributed by atoms with E-state index in [1.807, 2.05) is 57.5 Å². The Morgan fingerprint density at radius 2 is 1.97 bits per heavy atom. The predicted molar refractivity (Wildman–Crippen MR) is 110 cm³/mol. The van der Waals surface area contributed by atoms with Crippen molar-refractivity contribution in [2.75, 3.05) is 0 Å². The van der Waals surface area contributed by atoms with Crippen LogP contribution in [0.25, 0.3) is 0 Å². The van der Waals surface area contributed by atoms with E-state index in [4.69, 9.17) is 4.74 Å². The van der Waals surface area contributed by atoms with Crippen LogP contribution in [0, 0.1) is 17.0 Å². The Kier molecular flexibility index (Phi) is 5.59. The Morgan fingerprint density at radius 1 is 1.24 bits per heavy atom. The maximum atomic E-state index is 13.1. The molecule has 29 heavy (non-hydrogen) atoms. The summed E-state index contributed by atoms with van der Waals surface area (Å²) in [5.41, 5.74) is 4.65. The predicted octanol–water partition coefficient (Wildman–Crippen LogP) is 4.41. The number of esters is 1. The summed E-state index contributed by atoms with van der Waals surface area (Å²) in [6.07, 6.45) is 1.46. The van der Waals surface area contributed by atoms with Crippen LogP contribution in [0.5, 0.6) is 0 Å². The first-order valence-corrected chi connectivity index (χ1v) is 9.42. The summed E-state index contributed by atoms with van der Waals surface area (Å²) in [5.74, 6) is -0.868. The molecule has 0 saturated heterocycles. The Bertz CT molecular complexity index is 1030. The van der Waals surface area contributed by atoms with Crippen LogP contribution in [-0.2, 0) is 16.6 Å². The molecule has 0 radical (unpaired) electrons. The second kappa shape index (κ2) is 7.95. The van der Waals surface area contributed by atoms with E-state index in [1.165, 1.54) is 12.1 Å². The zero-order chi connectivity index (χ0) is 21.3. The normalized spacial score (nSPS) is 17.4. The van der Waals surface area contributed by atoms with E-state index in [9.17, 15) is 14.9 Å². The average Bonchev–Trinajstić information content (AvgIpc) is 3.00. The highest BCUT2D eigenvalue weighted by atomic mass is 16.6. The summed E-state index contributed by atoms with van der Waals surface area (Å²) in [6.45, 7) is 7.53. The van der Waals surface area contributed by atoms with E-state index in [2.05, 4.69) is 5.32 Å². The highest BCUT2D eigenvalue weighted by molar-refractivity contribution is 5.92. The van der Waals surface area contributed by atoms with Crippen molar-refractivity contribution < 1.29 is 14.5 Å². The van der Waals surface area contributed by atoms with Gasteiger partial charge in [-0.1, -0.05) is 18.2 Å². The molecule has 0 fully saturated rings. The van der Waals surface area contributed by atoms with Crippen LogP contribution >= 0.6 is 0 Å². The summed E-state index contributed by atoms with van der Waals surface area (Å²) in [4.78, 5) is 23.9. The lowest BCUT2D eigenvalue weighted by molar-refractivity contribution is -0.384. The second-order valence-corrected chi connectivity index (χ2v) is 7.35. The minimum Gasteiger partial charge on any atom is -0.453 e. The van der Waals surface area contributed by atoms with E-state index in [0.717, 1.165) is 17.1 Å². The number of aryl methyl sites for hydroxylation is 1. The SMILES string of the molecule is CC1=CC(c2cccc([N+](=O)[O-])c2)C(C(=O)OC(C)c2ccc(C)n2C)=C(C)N1. The Hall–Kier alpha value is -3.35. The van der Waals surface area contributed by atoms with Gasteiger partial charge in [-0.3, -0.25) is 10.1 Å². The van der Waals surface area contributed by atoms with Crippen molar-refractivity contribution in [1.29, 1.82) is 0 Å². The van der Waals surface area contributed by atoms with Crippen LogP contribution in [0.4, 0.5) is 5.69 Å². The van der Waals surface area contributed by atoms with Crippen LogP contribution in [0.15, 0.2) is 59.4 Å². The summed E-state index contributed by atoms with van der Waals surface area (Å²) >= 11 is 0. The maximum Gasteiger partial charge on any atom is 0.337 e. The zero-order valence-electron chi connectivity index (χ0n) is 17.2. The van der Waals surface area contributed by atoms with Crippen molar-refractivity contribution in [1.82, 2.24) is 9.88 Å². The van der Waals surface area contributed by atoms with Gasteiger partial charge in [0, 0.05) is 42.2 Å². The van der Waals surface area contributed by atoms with Crippen molar-refractivity contribution in [3.05, 3.63) is 86.5 Å². The Labute approximate surface area is 169 Å². The van der Waals surface area contributed by atoms with Crippen molar-refractivity contribution in [3.63, 3.8) is 0 Å². The number of hydrogen-bond donors (Lipinski definition) is 1. The van der Waals surface area contributed by atoms with Crippen molar-refractivity contribution in [2.24, 2.45) is 7.05 Å². The third-order valence-corrected chi connectivity index (χ3v) is 5.29. The van der Waals surface area contributed by atoms with Crippen molar-refractivity contribution >= 4 is 11.7 Å². The number of aromatic nitrogens is 1. The van der Waals surface area contributed by atoms with Gasteiger partial charge in [0.1, 0.15) is 6.10 Å². The largest absolute Gasteiger partial charge is 0.453 e. The van der Waals surface area contributed by atoms with Gasteiger partial charge in [-0.15, -0.1) is 0 Å². The number of non-ortho nitro benzene ring substituents is 1. The third kappa shape index (κ3) is 4.08. The molecule has 3 rings (SSSR count). The fraction of sp³-hybridized carbons (Fsp3) is 0.318. The minimum absolute atomic E-state index is 0.00916. The number of nitro groups is 1. The molecule has 1 aliphatic rings. The number of allylic oxidation sites excluding steroid dienone is 3. The summed E-state index contributed by atoms with van der Waals surface area (Å²) in [7, 11) is 1.93. The quantitative estimate of drug-likeness (QED) is 0.460. The van der Waals surface area contributed by atoms with E-state index < -0.39 is 22.9 Å². The van der Waals surface area contributed by atoms with Gasteiger partial charge >= 0.3 is 5.97 Å². The van der Waals surface area contributed by atoms with Crippen LogP contribution in [0.3, 0.4) is 0 Å². The molecule has 2 unspecified atom stereocenters. The number of benzene rings is 1. The zero-order valence-corrected chi connectivity index (χ0v) is 17.2. The van der Waals surface area contributed by atoms with Crippen LogP contribution < -0.4 is 5.32 Å². The lowest BCUT2D eigenvalue weighted by Gasteiger charge is -2.27. The molecular formula is C22H25N3O4. The molecular weight excluding hydrogens is 370 g/mol. The molecule has 7 heteroatoms. The molecule has 0 saturated carbocycles. The molecule has 1 N–H and O–H groups in total.